The van der Waals surface area contributed by atoms with Gasteiger partial charge in [0.05, 0.1) is 24.6 Å². The molecule has 1 atom stereocenters. The van der Waals surface area contributed by atoms with Crippen LogP contribution in [0.3, 0.4) is 0 Å². The second kappa shape index (κ2) is 6.97. The number of nitrogens with one attached hydrogen (secondary N) is 3. The zero-order valence-electron chi connectivity index (χ0n) is 11.1. The first-order valence-corrected chi connectivity index (χ1v) is 6.45. The standard InChI is InChI=1S/C13H18N4O3/c14-4-10-3-12(16-8-19)17-11(6-18)13(10)15-5-9-1-2-20-7-9/h3-4,8-9,14-15,18H,1-2,5-7H2,(H,16,17,19). The predicted molar refractivity (Wildman–Crippen MR) is 75.1 cm³/mol. The average molecular weight is 278 g/mol. The molecule has 4 N–H and O–H groups in total. The Morgan fingerprint density at radius 1 is 1.60 bits per heavy atom. The van der Waals surface area contributed by atoms with Crippen molar-refractivity contribution in [3.05, 3.63) is 17.3 Å². The van der Waals surface area contributed by atoms with Crippen molar-refractivity contribution >= 4 is 24.1 Å². The molecule has 20 heavy (non-hydrogen) atoms. The summed E-state index contributed by atoms with van der Waals surface area (Å²) in [6, 6.07) is 1.59. The van der Waals surface area contributed by atoms with E-state index in [9.17, 15) is 9.90 Å². The smallest absolute Gasteiger partial charge is 0.212 e. The molecule has 1 aromatic heterocycles. The molecule has 1 unspecified atom stereocenters. The molecule has 0 bridgehead atoms. The lowest BCUT2D eigenvalue weighted by molar-refractivity contribution is -0.105. The van der Waals surface area contributed by atoms with Gasteiger partial charge in [-0.15, -0.1) is 0 Å². The fourth-order valence-electron chi connectivity index (χ4n) is 2.18. The van der Waals surface area contributed by atoms with E-state index in [2.05, 4.69) is 15.6 Å². The number of rotatable bonds is 7. The molecule has 0 radical (unpaired) electrons. The fraction of sp³-hybridized carbons (Fsp3) is 0.462. The maximum atomic E-state index is 10.5. The van der Waals surface area contributed by atoms with Gasteiger partial charge in [-0.2, -0.15) is 0 Å². The molecule has 2 rings (SSSR count). The highest BCUT2D eigenvalue weighted by atomic mass is 16.5. The summed E-state index contributed by atoms with van der Waals surface area (Å²) >= 11 is 0. The number of amides is 1. The third-order valence-corrected chi connectivity index (χ3v) is 3.23. The summed E-state index contributed by atoms with van der Waals surface area (Å²) in [5, 5.41) is 22.5. The van der Waals surface area contributed by atoms with Crippen molar-refractivity contribution in [2.75, 3.05) is 30.4 Å². The van der Waals surface area contributed by atoms with Crippen molar-refractivity contribution in [3.8, 4) is 0 Å². The first-order chi connectivity index (χ1) is 9.78. The minimum atomic E-state index is -0.265. The van der Waals surface area contributed by atoms with Crippen LogP contribution in [0.15, 0.2) is 6.07 Å². The van der Waals surface area contributed by atoms with Crippen molar-refractivity contribution in [1.82, 2.24) is 4.98 Å². The molecular formula is C13H18N4O3. The monoisotopic (exact) mass is 278 g/mol. The highest BCUT2D eigenvalue weighted by Crippen LogP contribution is 2.23. The fourth-order valence-corrected chi connectivity index (χ4v) is 2.18. The van der Waals surface area contributed by atoms with Crippen LogP contribution < -0.4 is 10.6 Å². The molecule has 1 aliphatic heterocycles. The predicted octanol–water partition coefficient (Wildman–Crippen LogP) is 0.588. The third-order valence-electron chi connectivity index (χ3n) is 3.23. The highest BCUT2D eigenvalue weighted by Gasteiger charge is 2.17. The van der Waals surface area contributed by atoms with Crippen molar-refractivity contribution in [2.24, 2.45) is 5.92 Å². The molecule has 0 aromatic carbocycles. The van der Waals surface area contributed by atoms with Crippen LogP contribution in [0, 0.1) is 11.3 Å². The Balaban J connectivity index is 2.19. The number of anilines is 2. The maximum Gasteiger partial charge on any atom is 0.212 e. The van der Waals surface area contributed by atoms with E-state index < -0.39 is 0 Å². The summed E-state index contributed by atoms with van der Waals surface area (Å²) in [6.45, 7) is 1.94. The van der Waals surface area contributed by atoms with Crippen LogP contribution in [0.25, 0.3) is 0 Å². The van der Waals surface area contributed by atoms with E-state index in [1.807, 2.05) is 0 Å². The van der Waals surface area contributed by atoms with Gasteiger partial charge in [-0.05, 0) is 12.5 Å². The summed E-state index contributed by atoms with van der Waals surface area (Å²) in [4.78, 5) is 14.6. The third kappa shape index (κ3) is 3.31. The number of aliphatic hydroxyl groups is 1. The first-order valence-electron chi connectivity index (χ1n) is 6.45. The lowest BCUT2D eigenvalue weighted by Gasteiger charge is -2.16. The first kappa shape index (κ1) is 14.4. The van der Waals surface area contributed by atoms with Crippen LogP contribution >= 0.6 is 0 Å². The van der Waals surface area contributed by atoms with E-state index in [0.717, 1.165) is 19.6 Å². The number of nitrogens with zero attached hydrogens (tertiary/aromatic N) is 1. The van der Waals surface area contributed by atoms with Crippen LogP contribution in [0.1, 0.15) is 17.7 Å². The van der Waals surface area contributed by atoms with Gasteiger partial charge >= 0.3 is 0 Å². The Morgan fingerprint density at radius 3 is 3.05 bits per heavy atom. The Hall–Kier alpha value is -1.99. The summed E-state index contributed by atoms with van der Waals surface area (Å²) in [6.07, 6.45) is 2.68. The van der Waals surface area contributed by atoms with E-state index in [1.165, 1.54) is 6.21 Å². The molecule has 0 spiro atoms. The number of hydrogen-bond acceptors (Lipinski definition) is 6. The van der Waals surface area contributed by atoms with Gasteiger partial charge < -0.3 is 25.9 Å². The second-order valence-corrected chi connectivity index (χ2v) is 4.59. The number of hydrogen-bond donors (Lipinski definition) is 4. The van der Waals surface area contributed by atoms with E-state index in [1.54, 1.807) is 6.07 Å². The quantitative estimate of drug-likeness (QED) is 0.431. The molecule has 7 nitrogen and oxygen atoms in total. The van der Waals surface area contributed by atoms with Gasteiger partial charge in [0.25, 0.3) is 0 Å². The van der Waals surface area contributed by atoms with E-state index in [4.69, 9.17) is 10.1 Å². The largest absolute Gasteiger partial charge is 0.390 e. The molecule has 108 valence electrons. The van der Waals surface area contributed by atoms with Crippen molar-refractivity contribution in [3.63, 3.8) is 0 Å². The summed E-state index contributed by atoms with van der Waals surface area (Å²) in [7, 11) is 0. The molecule has 1 aliphatic rings. The molecule has 7 heteroatoms. The Labute approximate surface area is 116 Å². The topological polar surface area (TPSA) is 107 Å². The Bertz CT molecular complexity index is 487. The molecule has 1 aromatic rings. The van der Waals surface area contributed by atoms with Gasteiger partial charge in [0.2, 0.25) is 6.41 Å². The number of pyridine rings is 1. The normalized spacial score (nSPS) is 17.8. The summed E-state index contributed by atoms with van der Waals surface area (Å²) in [5.41, 5.74) is 1.62. The van der Waals surface area contributed by atoms with Gasteiger partial charge in [-0.1, -0.05) is 0 Å². The zero-order valence-corrected chi connectivity index (χ0v) is 11.1. The van der Waals surface area contributed by atoms with Crippen LogP contribution in [-0.2, 0) is 16.1 Å². The highest BCUT2D eigenvalue weighted by molar-refractivity contribution is 5.89. The average Bonchev–Trinajstić information content (AvgIpc) is 2.98. The molecule has 2 heterocycles. The molecule has 1 saturated heterocycles. The lowest BCUT2D eigenvalue weighted by atomic mass is 10.1. The van der Waals surface area contributed by atoms with E-state index >= 15 is 0 Å². The second-order valence-electron chi connectivity index (χ2n) is 4.59. The van der Waals surface area contributed by atoms with E-state index in [0.29, 0.717) is 41.6 Å². The Morgan fingerprint density at radius 2 is 2.45 bits per heavy atom. The number of ether oxygens (including phenoxy) is 1. The van der Waals surface area contributed by atoms with Crippen molar-refractivity contribution in [2.45, 2.75) is 13.0 Å². The van der Waals surface area contributed by atoms with E-state index in [-0.39, 0.29) is 6.61 Å². The number of aliphatic hydroxyl groups excluding tert-OH is 1. The van der Waals surface area contributed by atoms with Crippen molar-refractivity contribution in [1.29, 1.82) is 5.41 Å². The molecule has 1 fully saturated rings. The van der Waals surface area contributed by atoms with Crippen LogP contribution in [0.5, 0.6) is 0 Å². The van der Waals surface area contributed by atoms with Gasteiger partial charge in [0.1, 0.15) is 5.82 Å². The van der Waals surface area contributed by atoms with Gasteiger partial charge in [0.15, 0.2) is 0 Å². The van der Waals surface area contributed by atoms with Crippen LogP contribution in [0.2, 0.25) is 0 Å². The molecule has 0 saturated carbocycles. The number of carbonyl (C=O) groups excluding carboxylic acids is 1. The molecular weight excluding hydrogens is 260 g/mol. The lowest BCUT2D eigenvalue weighted by Crippen LogP contribution is -2.17. The van der Waals surface area contributed by atoms with Gasteiger partial charge in [-0.3, -0.25) is 4.79 Å². The van der Waals surface area contributed by atoms with Gasteiger partial charge in [-0.25, -0.2) is 4.98 Å². The molecule has 1 amide bonds. The Kier molecular flexibility index (Phi) is 5.03. The minimum Gasteiger partial charge on any atom is -0.390 e. The summed E-state index contributed by atoms with van der Waals surface area (Å²) < 4.78 is 5.31. The van der Waals surface area contributed by atoms with Crippen LogP contribution in [0.4, 0.5) is 11.5 Å². The zero-order chi connectivity index (χ0) is 14.4. The minimum absolute atomic E-state index is 0.265. The maximum absolute atomic E-state index is 10.5. The SMILES string of the molecule is N=Cc1cc(NC=O)nc(CO)c1NCC1CCOC1. The molecule has 0 aliphatic carbocycles. The van der Waals surface area contributed by atoms with Crippen molar-refractivity contribution < 1.29 is 14.6 Å². The van der Waals surface area contributed by atoms with Gasteiger partial charge in [0, 0.05) is 30.8 Å². The van der Waals surface area contributed by atoms with Crippen LogP contribution in [-0.4, -0.2) is 42.5 Å². The number of aromatic nitrogens is 1. The number of carbonyl (C=O) groups is 1. The summed E-state index contributed by atoms with van der Waals surface area (Å²) in [5.74, 6) is 0.741.